The second kappa shape index (κ2) is 9.62. The molecular formula is C20H26N2O6S. The molecule has 0 saturated heterocycles. The minimum atomic E-state index is -3.66. The molecule has 0 heterocycles. The number of ether oxygens (including phenoxy) is 3. The molecule has 0 aliphatic rings. The zero-order chi connectivity index (χ0) is 21.6. The average molecular weight is 423 g/mol. The number of amides is 1. The maximum Gasteiger partial charge on any atom is 0.255 e. The summed E-state index contributed by atoms with van der Waals surface area (Å²) in [6.07, 6.45) is 0. The number of rotatable bonds is 9. The van der Waals surface area contributed by atoms with Crippen molar-refractivity contribution in [3.63, 3.8) is 0 Å². The van der Waals surface area contributed by atoms with Crippen LogP contribution in [0.2, 0.25) is 0 Å². The molecule has 1 N–H and O–H groups in total. The Labute approximate surface area is 171 Å². The molecule has 0 saturated carbocycles. The van der Waals surface area contributed by atoms with Gasteiger partial charge in [0.15, 0.2) is 11.5 Å². The molecule has 158 valence electrons. The number of hydrogen-bond acceptors (Lipinski definition) is 6. The SMILES string of the molecule is CCOc1ccc(C(=O)Nc2cc(S(=O)(=O)N(C)C)ccc2OC)cc1OCC. The van der Waals surface area contributed by atoms with Gasteiger partial charge in [-0.15, -0.1) is 0 Å². The van der Waals surface area contributed by atoms with Crippen LogP contribution in [-0.2, 0) is 10.0 Å². The Kier molecular flexibility index (Phi) is 7.46. The third-order valence-corrected chi connectivity index (χ3v) is 5.81. The molecule has 0 unspecified atom stereocenters. The molecule has 0 bridgehead atoms. The number of carbonyl (C=O) groups is 1. The summed E-state index contributed by atoms with van der Waals surface area (Å²) in [4.78, 5) is 12.8. The van der Waals surface area contributed by atoms with E-state index in [0.29, 0.717) is 36.0 Å². The molecule has 2 aromatic carbocycles. The zero-order valence-electron chi connectivity index (χ0n) is 17.2. The molecule has 8 nitrogen and oxygen atoms in total. The summed E-state index contributed by atoms with van der Waals surface area (Å²) in [5, 5.41) is 2.71. The first-order valence-corrected chi connectivity index (χ1v) is 10.5. The normalized spacial score (nSPS) is 11.2. The third-order valence-electron chi connectivity index (χ3n) is 4.00. The Hall–Kier alpha value is -2.78. The Morgan fingerprint density at radius 1 is 0.966 bits per heavy atom. The van der Waals surface area contributed by atoms with Gasteiger partial charge in [0.2, 0.25) is 10.0 Å². The monoisotopic (exact) mass is 422 g/mol. The van der Waals surface area contributed by atoms with Crippen LogP contribution in [0.3, 0.4) is 0 Å². The van der Waals surface area contributed by atoms with E-state index in [1.54, 1.807) is 18.2 Å². The Bertz CT molecular complexity index is 973. The highest BCUT2D eigenvalue weighted by Crippen LogP contribution is 2.31. The smallest absolute Gasteiger partial charge is 0.255 e. The number of benzene rings is 2. The fourth-order valence-corrected chi connectivity index (χ4v) is 3.47. The first kappa shape index (κ1) is 22.5. The number of nitrogens with one attached hydrogen (secondary N) is 1. The summed E-state index contributed by atoms with van der Waals surface area (Å²) in [5.74, 6) is 0.902. The predicted octanol–water partition coefficient (Wildman–Crippen LogP) is 3.00. The van der Waals surface area contributed by atoms with Crippen LogP contribution in [0, 0.1) is 0 Å². The van der Waals surface area contributed by atoms with E-state index in [1.165, 1.54) is 39.4 Å². The lowest BCUT2D eigenvalue weighted by molar-refractivity contribution is 0.102. The molecule has 0 spiro atoms. The van der Waals surface area contributed by atoms with Gasteiger partial charge in [0, 0.05) is 19.7 Å². The molecule has 0 aliphatic carbocycles. The first-order chi connectivity index (χ1) is 13.7. The highest BCUT2D eigenvalue weighted by Gasteiger charge is 2.20. The van der Waals surface area contributed by atoms with Crippen LogP contribution in [-0.4, -0.2) is 53.0 Å². The van der Waals surface area contributed by atoms with Crippen LogP contribution >= 0.6 is 0 Å². The number of anilines is 1. The molecule has 0 aliphatic heterocycles. The summed E-state index contributed by atoms with van der Waals surface area (Å²) in [7, 11) is 0.654. The number of nitrogens with zero attached hydrogens (tertiary/aromatic N) is 1. The van der Waals surface area contributed by atoms with Crippen LogP contribution in [0.1, 0.15) is 24.2 Å². The molecule has 0 fully saturated rings. The van der Waals surface area contributed by atoms with E-state index in [9.17, 15) is 13.2 Å². The summed E-state index contributed by atoms with van der Waals surface area (Å²) in [5.41, 5.74) is 0.576. The lowest BCUT2D eigenvalue weighted by Gasteiger charge is -2.16. The van der Waals surface area contributed by atoms with Crippen LogP contribution in [0.25, 0.3) is 0 Å². The van der Waals surface area contributed by atoms with Gasteiger partial charge in [-0.25, -0.2) is 12.7 Å². The first-order valence-electron chi connectivity index (χ1n) is 9.06. The summed E-state index contributed by atoms with van der Waals surface area (Å²) >= 11 is 0. The topological polar surface area (TPSA) is 94.2 Å². The Morgan fingerprint density at radius 3 is 2.17 bits per heavy atom. The quantitative estimate of drug-likeness (QED) is 0.668. The van der Waals surface area contributed by atoms with Crippen molar-refractivity contribution >= 4 is 21.6 Å². The summed E-state index contributed by atoms with van der Waals surface area (Å²) < 4.78 is 42.2. The average Bonchev–Trinajstić information content (AvgIpc) is 2.69. The Balaban J connectivity index is 2.38. The summed E-state index contributed by atoms with van der Waals surface area (Å²) in [6.45, 7) is 4.58. The van der Waals surface area contributed by atoms with E-state index in [2.05, 4.69) is 5.32 Å². The molecule has 0 radical (unpaired) electrons. The second-order valence-electron chi connectivity index (χ2n) is 6.13. The number of carbonyl (C=O) groups excluding carboxylic acids is 1. The van der Waals surface area contributed by atoms with Gasteiger partial charge in [-0.3, -0.25) is 4.79 Å². The molecule has 0 aromatic heterocycles. The van der Waals surface area contributed by atoms with Crippen LogP contribution in [0.5, 0.6) is 17.2 Å². The van der Waals surface area contributed by atoms with Gasteiger partial charge in [-0.2, -0.15) is 0 Å². The van der Waals surface area contributed by atoms with Crippen molar-refractivity contribution < 1.29 is 27.4 Å². The van der Waals surface area contributed by atoms with E-state index in [-0.39, 0.29) is 10.6 Å². The van der Waals surface area contributed by atoms with Crippen molar-refractivity contribution in [2.24, 2.45) is 0 Å². The Morgan fingerprint density at radius 2 is 1.59 bits per heavy atom. The highest BCUT2D eigenvalue weighted by molar-refractivity contribution is 7.89. The van der Waals surface area contributed by atoms with Crippen LogP contribution in [0.15, 0.2) is 41.3 Å². The zero-order valence-corrected chi connectivity index (χ0v) is 18.0. The van der Waals surface area contributed by atoms with Crippen LogP contribution < -0.4 is 19.5 Å². The number of sulfonamides is 1. The van der Waals surface area contributed by atoms with E-state index in [4.69, 9.17) is 14.2 Å². The highest BCUT2D eigenvalue weighted by atomic mass is 32.2. The largest absolute Gasteiger partial charge is 0.495 e. The van der Waals surface area contributed by atoms with Crippen molar-refractivity contribution in [2.45, 2.75) is 18.7 Å². The van der Waals surface area contributed by atoms with Gasteiger partial charge in [-0.05, 0) is 50.2 Å². The minimum absolute atomic E-state index is 0.0419. The molecule has 9 heteroatoms. The molecule has 29 heavy (non-hydrogen) atoms. The standard InChI is InChI=1S/C20H26N2O6S/c1-6-27-18-10-8-14(12-19(18)28-7-2)20(23)21-16-13-15(9-11-17(16)26-5)29(24,25)22(3)4/h8-13H,6-7H2,1-5H3,(H,21,23). The van der Waals surface area contributed by atoms with Crippen molar-refractivity contribution in [2.75, 3.05) is 39.7 Å². The fourth-order valence-electron chi connectivity index (χ4n) is 2.54. The van der Waals surface area contributed by atoms with Crippen molar-refractivity contribution in [3.8, 4) is 17.2 Å². The van der Waals surface area contributed by atoms with E-state index in [0.717, 1.165) is 4.31 Å². The third kappa shape index (κ3) is 5.18. The van der Waals surface area contributed by atoms with Crippen molar-refractivity contribution in [3.05, 3.63) is 42.0 Å². The molecule has 2 rings (SSSR count). The van der Waals surface area contributed by atoms with Crippen molar-refractivity contribution in [1.82, 2.24) is 4.31 Å². The van der Waals surface area contributed by atoms with E-state index < -0.39 is 15.9 Å². The summed E-state index contributed by atoms with van der Waals surface area (Å²) in [6, 6.07) is 9.13. The second-order valence-corrected chi connectivity index (χ2v) is 8.28. The van der Waals surface area contributed by atoms with Gasteiger partial charge in [-0.1, -0.05) is 0 Å². The van der Waals surface area contributed by atoms with Gasteiger partial charge in [0.1, 0.15) is 5.75 Å². The van der Waals surface area contributed by atoms with E-state index >= 15 is 0 Å². The number of methoxy groups -OCH3 is 1. The fraction of sp³-hybridized carbons (Fsp3) is 0.350. The molecule has 2 aromatic rings. The van der Waals surface area contributed by atoms with Crippen LogP contribution in [0.4, 0.5) is 5.69 Å². The van der Waals surface area contributed by atoms with Gasteiger partial charge in [0.05, 0.1) is 30.9 Å². The maximum atomic E-state index is 12.8. The van der Waals surface area contributed by atoms with Gasteiger partial charge >= 0.3 is 0 Å². The lowest BCUT2D eigenvalue weighted by atomic mass is 10.1. The van der Waals surface area contributed by atoms with Crippen molar-refractivity contribution in [1.29, 1.82) is 0 Å². The van der Waals surface area contributed by atoms with Gasteiger partial charge in [0.25, 0.3) is 5.91 Å². The van der Waals surface area contributed by atoms with E-state index in [1.807, 2.05) is 13.8 Å². The number of hydrogen-bond donors (Lipinski definition) is 1. The molecule has 1 amide bonds. The minimum Gasteiger partial charge on any atom is -0.495 e. The predicted molar refractivity (Wildman–Crippen MR) is 111 cm³/mol. The molecular weight excluding hydrogens is 396 g/mol. The maximum absolute atomic E-state index is 12.8. The molecule has 0 atom stereocenters. The lowest BCUT2D eigenvalue weighted by Crippen LogP contribution is -2.22. The van der Waals surface area contributed by atoms with Gasteiger partial charge < -0.3 is 19.5 Å².